The van der Waals surface area contributed by atoms with Gasteiger partial charge in [0, 0.05) is 17.1 Å². The summed E-state index contributed by atoms with van der Waals surface area (Å²) in [4.78, 5) is 45.1. The summed E-state index contributed by atoms with van der Waals surface area (Å²) in [6.07, 6.45) is 1.98. The van der Waals surface area contributed by atoms with Gasteiger partial charge in [0.25, 0.3) is 5.91 Å². The normalized spacial score (nSPS) is 30.5. The fraction of sp³-hybridized carbons (Fsp3) is 0.621. The number of alkyl halides is 1. The van der Waals surface area contributed by atoms with Gasteiger partial charge in [-0.1, -0.05) is 48.0 Å². The maximum atomic E-state index is 14.7. The van der Waals surface area contributed by atoms with E-state index >= 15 is 0 Å². The number of benzene rings is 1. The van der Waals surface area contributed by atoms with Crippen molar-refractivity contribution in [3.05, 3.63) is 42.0 Å². The lowest BCUT2D eigenvalue weighted by Gasteiger charge is -2.40. The monoisotopic (exact) mass is 590 g/mol. The molecular weight excluding hydrogens is 552 g/mol. The van der Waals surface area contributed by atoms with Gasteiger partial charge in [-0.05, 0) is 56.7 Å². The van der Waals surface area contributed by atoms with Crippen molar-refractivity contribution in [2.45, 2.75) is 76.1 Å². The van der Waals surface area contributed by atoms with Gasteiger partial charge >= 0.3 is 5.97 Å². The van der Waals surface area contributed by atoms with Gasteiger partial charge in [0.2, 0.25) is 5.91 Å². The summed E-state index contributed by atoms with van der Waals surface area (Å²) in [5, 5.41) is 10.5. The summed E-state index contributed by atoms with van der Waals surface area (Å²) in [6, 6.07) is 4.29. The summed E-state index contributed by atoms with van der Waals surface area (Å²) in [6.45, 7) is 13.6. The number of amides is 2. The van der Waals surface area contributed by atoms with E-state index in [0.29, 0.717) is 12.8 Å². The first-order chi connectivity index (χ1) is 18.0. The standard InChI is InChI=1S/C29H39BrN2O6/c1-7-11-31(21-13-17(5)9-10-18(21)6)27(35)25-29-14-20(30)24(38-29)22(28(36)37-8-2)23(29)26(34)32(25)19(15-33)12-16(3)4/h7,9-10,13,16,19-20,22-25,33H,1,8,11-12,14-15H2,2-6H3/t19-,20?,22+,23+,24+,25?,29?/m1/s1. The Morgan fingerprint density at radius 1 is 1.37 bits per heavy atom. The molecule has 38 heavy (non-hydrogen) atoms. The summed E-state index contributed by atoms with van der Waals surface area (Å²) in [5.74, 6) is -2.65. The molecule has 1 N–H and O–H groups in total. The minimum atomic E-state index is -1.22. The molecule has 3 fully saturated rings. The molecule has 208 valence electrons. The highest BCUT2D eigenvalue weighted by atomic mass is 79.9. The van der Waals surface area contributed by atoms with Crippen LogP contribution < -0.4 is 4.90 Å². The van der Waals surface area contributed by atoms with E-state index in [1.165, 1.54) is 4.90 Å². The van der Waals surface area contributed by atoms with E-state index < -0.39 is 41.6 Å². The molecule has 0 radical (unpaired) electrons. The number of ether oxygens (including phenoxy) is 2. The van der Waals surface area contributed by atoms with Crippen LogP contribution in [0.2, 0.25) is 0 Å². The minimum absolute atomic E-state index is 0.166. The number of likely N-dealkylation sites (tertiary alicyclic amines) is 1. The molecule has 1 aromatic rings. The van der Waals surface area contributed by atoms with Crippen LogP contribution in [0.25, 0.3) is 0 Å². The number of halogens is 1. The first kappa shape index (κ1) is 28.8. The molecule has 7 atom stereocenters. The van der Waals surface area contributed by atoms with Gasteiger partial charge in [-0.15, -0.1) is 6.58 Å². The van der Waals surface area contributed by atoms with Crippen LogP contribution in [0.1, 0.15) is 44.7 Å². The van der Waals surface area contributed by atoms with Crippen LogP contribution >= 0.6 is 15.9 Å². The van der Waals surface area contributed by atoms with Crippen molar-refractivity contribution >= 4 is 39.4 Å². The zero-order chi connectivity index (χ0) is 27.9. The molecular formula is C29H39BrN2O6. The second-order valence-corrected chi connectivity index (χ2v) is 12.3. The van der Waals surface area contributed by atoms with Gasteiger partial charge in [0.15, 0.2) is 0 Å². The number of esters is 1. The second kappa shape index (κ2) is 11.1. The molecule has 2 amide bonds. The maximum absolute atomic E-state index is 14.7. The Morgan fingerprint density at radius 3 is 2.68 bits per heavy atom. The molecule has 8 nitrogen and oxygen atoms in total. The van der Waals surface area contributed by atoms with Crippen molar-refractivity contribution in [1.29, 1.82) is 0 Å². The summed E-state index contributed by atoms with van der Waals surface area (Å²) < 4.78 is 11.9. The van der Waals surface area contributed by atoms with Gasteiger partial charge in [0.05, 0.1) is 37.2 Å². The van der Waals surface area contributed by atoms with Crippen molar-refractivity contribution in [3.8, 4) is 0 Å². The smallest absolute Gasteiger partial charge is 0.312 e. The Kier molecular flexibility index (Phi) is 8.40. The quantitative estimate of drug-likeness (QED) is 0.254. The van der Waals surface area contributed by atoms with Crippen LogP contribution in [0.5, 0.6) is 0 Å². The lowest BCUT2D eigenvalue weighted by Crippen LogP contribution is -2.59. The minimum Gasteiger partial charge on any atom is -0.466 e. The maximum Gasteiger partial charge on any atom is 0.312 e. The van der Waals surface area contributed by atoms with E-state index in [1.54, 1.807) is 17.9 Å². The van der Waals surface area contributed by atoms with Crippen LogP contribution in [0.3, 0.4) is 0 Å². The average molecular weight is 592 g/mol. The number of hydrogen-bond donors (Lipinski definition) is 1. The van der Waals surface area contributed by atoms with Gasteiger partial charge in [-0.3, -0.25) is 14.4 Å². The molecule has 3 saturated heterocycles. The van der Waals surface area contributed by atoms with E-state index in [2.05, 4.69) is 22.5 Å². The SMILES string of the molecule is C=CCN(C(=O)C1N([C@@H](CO)CC(C)C)C(=O)[C@@H]2[C@H](C(=O)OCC)[C@H]3OC12CC3Br)c1cc(C)ccc1C. The van der Waals surface area contributed by atoms with Crippen molar-refractivity contribution < 1.29 is 29.0 Å². The lowest BCUT2D eigenvalue weighted by molar-refractivity contribution is -0.155. The van der Waals surface area contributed by atoms with Crippen LogP contribution in [0, 0.1) is 31.6 Å². The third-order valence-corrected chi connectivity index (χ3v) is 8.95. The summed E-state index contributed by atoms with van der Waals surface area (Å²) in [7, 11) is 0. The van der Waals surface area contributed by atoms with Crippen molar-refractivity contribution in [1.82, 2.24) is 4.90 Å². The Balaban J connectivity index is 1.87. The molecule has 3 aliphatic rings. The molecule has 0 aliphatic carbocycles. The predicted molar refractivity (Wildman–Crippen MR) is 148 cm³/mol. The molecule has 3 aliphatic heterocycles. The molecule has 9 heteroatoms. The van der Waals surface area contributed by atoms with E-state index in [-0.39, 0.29) is 42.3 Å². The number of hydrogen-bond acceptors (Lipinski definition) is 6. The van der Waals surface area contributed by atoms with E-state index in [4.69, 9.17) is 9.47 Å². The first-order valence-corrected chi connectivity index (χ1v) is 14.3. The highest BCUT2D eigenvalue weighted by Gasteiger charge is 2.77. The third kappa shape index (κ3) is 4.60. The molecule has 3 heterocycles. The molecule has 3 unspecified atom stereocenters. The van der Waals surface area contributed by atoms with Crippen LogP contribution in [-0.4, -0.2) is 76.2 Å². The van der Waals surface area contributed by atoms with E-state index in [9.17, 15) is 19.5 Å². The number of anilines is 1. The number of aliphatic hydroxyl groups excluding tert-OH is 1. The van der Waals surface area contributed by atoms with Gasteiger partial charge in [0.1, 0.15) is 11.6 Å². The lowest BCUT2D eigenvalue weighted by atomic mass is 9.70. The van der Waals surface area contributed by atoms with E-state index in [1.807, 2.05) is 45.9 Å². The molecule has 2 bridgehead atoms. The Bertz CT molecular complexity index is 1110. The summed E-state index contributed by atoms with van der Waals surface area (Å²) in [5.41, 5.74) is 1.43. The predicted octanol–water partition coefficient (Wildman–Crippen LogP) is 3.54. The highest BCUT2D eigenvalue weighted by Crippen LogP contribution is 2.61. The highest BCUT2D eigenvalue weighted by molar-refractivity contribution is 9.09. The Morgan fingerprint density at radius 2 is 2.08 bits per heavy atom. The first-order valence-electron chi connectivity index (χ1n) is 13.4. The molecule has 1 spiro atoms. The number of fused-ring (bicyclic) bond motifs is 1. The Hall–Kier alpha value is -2.23. The second-order valence-electron chi connectivity index (χ2n) is 11.2. The van der Waals surface area contributed by atoms with E-state index in [0.717, 1.165) is 16.8 Å². The number of aliphatic hydroxyl groups is 1. The largest absolute Gasteiger partial charge is 0.466 e. The third-order valence-electron chi connectivity index (χ3n) is 8.10. The van der Waals surface area contributed by atoms with Crippen LogP contribution in [-0.2, 0) is 23.9 Å². The number of rotatable bonds is 10. The van der Waals surface area contributed by atoms with Gasteiger partial charge in [-0.25, -0.2) is 0 Å². The fourth-order valence-corrected chi connectivity index (χ4v) is 7.60. The van der Waals surface area contributed by atoms with Crippen molar-refractivity contribution in [3.63, 3.8) is 0 Å². The number of carbonyl (C=O) groups is 3. The number of carbonyl (C=O) groups excluding carboxylic acids is 3. The molecule has 4 rings (SSSR count). The van der Waals surface area contributed by atoms with Crippen LogP contribution in [0.15, 0.2) is 30.9 Å². The van der Waals surface area contributed by atoms with Crippen molar-refractivity contribution in [2.24, 2.45) is 17.8 Å². The van der Waals surface area contributed by atoms with Crippen molar-refractivity contribution in [2.75, 3.05) is 24.7 Å². The number of nitrogens with zero attached hydrogens (tertiary/aromatic N) is 2. The molecule has 1 aromatic carbocycles. The summed E-state index contributed by atoms with van der Waals surface area (Å²) >= 11 is 3.68. The topological polar surface area (TPSA) is 96.4 Å². The fourth-order valence-electron chi connectivity index (χ4n) is 6.66. The molecule has 0 saturated carbocycles. The van der Waals surface area contributed by atoms with Gasteiger partial charge in [-0.2, -0.15) is 0 Å². The average Bonchev–Trinajstić information content (AvgIpc) is 3.45. The number of aryl methyl sites for hydroxylation is 2. The van der Waals surface area contributed by atoms with Crippen LogP contribution in [0.4, 0.5) is 5.69 Å². The van der Waals surface area contributed by atoms with Gasteiger partial charge < -0.3 is 24.4 Å². The zero-order valence-electron chi connectivity index (χ0n) is 22.9. The molecule has 0 aromatic heterocycles. The Labute approximate surface area is 233 Å². The zero-order valence-corrected chi connectivity index (χ0v) is 24.4.